The number of thioether (sulfide) groups is 1. The van der Waals surface area contributed by atoms with Crippen molar-refractivity contribution in [3.8, 4) is 0 Å². The van der Waals surface area contributed by atoms with Crippen LogP contribution in [-0.2, 0) is 9.53 Å². The number of anilines is 1. The lowest BCUT2D eigenvalue weighted by Gasteiger charge is -2.34. The first kappa shape index (κ1) is 18.2. The van der Waals surface area contributed by atoms with E-state index in [1.54, 1.807) is 26.0 Å². The van der Waals surface area contributed by atoms with E-state index < -0.39 is 16.9 Å². The number of non-ortho nitro benzene ring substituents is 1. The van der Waals surface area contributed by atoms with Crippen molar-refractivity contribution in [2.24, 2.45) is 4.99 Å². The molecule has 0 fully saturated rings. The van der Waals surface area contributed by atoms with Gasteiger partial charge in [0.15, 0.2) is 5.17 Å². The second kappa shape index (κ2) is 7.12. The maximum Gasteiger partial charge on any atom is 0.338 e. The Kier molecular flexibility index (Phi) is 4.64. The number of nitrogens with zero attached hydrogens (tertiary/aromatic N) is 3. The molecule has 0 saturated heterocycles. The van der Waals surface area contributed by atoms with Crippen molar-refractivity contribution in [3.63, 3.8) is 0 Å². The Bertz CT molecular complexity index is 1050. The number of para-hydroxylation sites is 1. The molecule has 142 valence electrons. The predicted octanol–water partition coefficient (Wildman–Crippen LogP) is 4.45. The largest absolute Gasteiger partial charge is 0.463 e. The number of esters is 1. The summed E-state index contributed by atoms with van der Waals surface area (Å²) in [6, 6.07) is 13.6. The zero-order valence-electron chi connectivity index (χ0n) is 15.3. The lowest BCUT2D eigenvalue weighted by Crippen LogP contribution is -2.37. The number of nitro benzene ring substituents is 1. The average Bonchev–Trinajstić information content (AvgIpc) is 3.04. The van der Waals surface area contributed by atoms with Crippen LogP contribution in [0.1, 0.15) is 25.5 Å². The first-order chi connectivity index (χ1) is 13.5. The molecule has 0 aliphatic carbocycles. The normalized spacial score (nSPS) is 17.7. The van der Waals surface area contributed by atoms with Gasteiger partial charge in [0.05, 0.1) is 34.5 Å². The molecule has 4 rings (SSSR count). The smallest absolute Gasteiger partial charge is 0.338 e. The summed E-state index contributed by atoms with van der Waals surface area (Å²) in [7, 11) is 0. The summed E-state index contributed by atoms with van der Waals surface area (Å²) in [6.45, 7) is 3.75. The molecule has 1 atom stereocenters. The number of carbonyl (C=O) groups is 1. The molecular formula is C20H17N3O4S. The van der Waals surface area contributed by atoms with Crippen molar-refractivity contribution in [3.05, 3.63) is 75.5 Å². The summed E-state index contributed by atoms with van der Waals surface area (Å²) >= 11 is 1.52. The molecule has 0 amide bonds. The number of hydrogen-bond donors (Lipinski definition) is 0. The van der Waals surface area contributed by atoms with Crippen LogP contribution in [0.25, 0.3) is 0 Å². The zero-order chi connectivity index (χ0) is 19.8. The van der Waals surface area contributed by atoms with E-state index >= 15 is 0 Å². The van der Waals surface area contributed by atoms with Gasteiger partial charge in [0, 0.05) is 17.0 Å². The Morgan fingerprint density at radius 3 is 2.82 bits per heavy atom. The van der Waals surface area contributed by atoms with Gasteiger partial charge in [-0.25, -0.2) is 9.79 Å². The second-order valence-electron chi connectivity index (χ2n) is 6.31. The quantitative estimate of drug-likeness (QED) is 0.432. The minimum absolute atomic E-state index is 0.0254. The zero-order valence-corrected chi connectivity index (χ0v) is 16.1. The van der Waals surface area contributed by atoms with Gasteiger partial charge in [0.25, 0.3) is 5.69 Å². The van der Waals surface area contributed by atoms with Crippen LogP contribution in [-0.4, -0.2) is 22.7 Å². The molecule has 2 aliphatic rings. The van der Waals surface area contributed by atoms with E-state index in [4.69, 9.17) is 4.74 Å². The van der Waals surface area contributed by atoms with Crippen LogP contribution in [0.3, 0.4) is 0 Å². The van der Waals surface area contributed by atoms with Gasteiger partial charge in [-0.1, -0.05) is 24.3 Å². The molecule has 28 heavy (non-hydrogen) atoms. The highest BCUT2D eigenvalue weighted by atomic mass is 32.2. The summed E-state index contributed by atoms with van der Waals surface area (Å²) in [5.74, 6) is -0.464. The molecule has 8 heteroatoms. The lowest BCUT2D eigenvalue weighted by molar-refractivity contribution is -0.384. The van der Waals surface area contributed by atoms with Gasteiger partial charge < -0.3 is 9.64 Å². The van der Waals surface area contributed by atoms with E-state index in [9.17, 15) is 14.9 Å². The number of ether oxygens (including phenoxy) is 1. The molecular weight excluding hydrogens is 378 g/mol. The molecule has 0 N–H and O–H groups in total. The first-order valence-corrected chi connectivity index (χ1v) is 9.60. The monoisotopic (exact) mass is 395 g/mol. The first-order valence-electron chi connectivity index (χ1n) is 8.78. The SMILES string of the molecule is CCOC(=O)C1=C(C)N=C2Sc3ccccc3N2C1c1cccc([N+](=O)[O-])c1. The van der Waals surface area contributed by atoms with Crippen molar-refractivity contribution in [2.75, 3.05) is 11.5 Å². The van der Waals surface area contributed by atoms with Gasteiger partial charge in [-0.2, -0.15) is 0 Å². The molecule has 2 aliphatic heterocycles. The molecule has 1 unspecified atom stereocenters. The molecule has 0 radical (unpaired) electrons. The third kappa shape index (κ3) is 2.95. The fourth-order valence-corrected chi connectivity index (χ4v) is 4.54. The molecule has 2 aromatic rings. The van der Waals surface area contributed by atoms with Gasteiger partial charge >= 0.3 is 5.97 Å². The molecule has 0 aromatic heterocycles. The van der Waals surface area contributed by atoms with Gasteiger partial charge in [0.2, 0.25) is 0 Å². The van der Waals surface area contributed by atoms with E-state index in [-0.39, 0.29) is 12.3 Å². The Balaban J connectivity index is 1.92. The number of carbonyl (C=O) groups excluding carboxylic acids is 1. The molecule has 0 bridgehead atoms. The molecule has 0 spiro atoms. The van der Waals surface area contributed by atoms with E-state index in [0.29, 0.717) is 16.8 Å². The Morgan fingerprint density at radius 2 is 2.07 bits per heavy atom. The summed E-state index contributed by atoms with van der Waals surface area (Å²) in [6.07, 6.45) is 0. The van der Waals surface area contributed by atoms with Crippen LogP contribution in [0.4, 0.5) is 11.4 Å². The number of rotatable bonds is 4. The van der Waals surface area contributed by atoms with Crippen molar-refractivity contribution < 1.29 is 14.5 Å². The average molecular weight is 395 g/mol. The van der Waals surface area contributed by atoms with E-state index in [1.807, 2.05) is 29.2 Å². The van der Waals surface area contributed by atoms with Gasteiger partial charge in [0.1, 0.15) is 0 Å². The molecule has 0 saturated carbocycles. The Morgan fingerprint density at radius 1 is 1.29 bits per heavy atom. The Labute approximate surface area is 165 Å². The van der Waals surface area contributed by atoms with Crippen molar-refractivity contribution >= 4 is 34.3 Å². The number of fused-ring (bicyclic) bond motifs is 3. The maximum absolute atomic E-state index is 12.8. The van der Waals surface area contributed by atoms with Crippen LogP contribution in [0.2, 0.25) is 0 Å². The van der Waals surface area contributed by atoms with Crippen LogP contribution in [0.15, 0.2) is 69.7 Å². The van der Waals surface area contributed by atoms with E-state index in [1.165, 1.54) is 23.9 Å². The summed E-state index contributed by atoms with van der Waals surface area (Å²) in [5.41, 5.74) is 2.48. The number of allylic oxidation sites excluding steroid dienone is 1. The third-order valence-electron chi connectivity index (χ3n) is 4.61. The van der Waals surface area contributed by atoms with Crippen LogP contribution < -0.4 is 4.90 Å². The van der Waals surface area contributed by atoms with Gasteiger partial charge in [-0.3, -0.25) is 10.1 Å². The molecule has 7 nitrogen and oxygen atoms in total. The number of hydrogen-bond acceptors (Lipinski definition) is 7. The fourth-order valence-electron chi connectivity index (χ4n) is 3.44. The molecule has 2 aromatic carbocycles. The van der Waals surface area contributed by atoms with Crippen LogP contribution >= 0.6 is 11.8 Å². The lowest BCUT2D eigenvalue weighted by atomic mass is 9.93. The van der Waals surface area contributed by atoms with Crippen LogP contribution in [0.5, 0.6) is 0 Å². The predicted molar refractivity (Wildman–Crippen MR) is 107 cm³/mol. The van der Waals surface area contributed by atoms with Gasteiger partial charge in [-0.15, -0.1) is 0 Å². The van der Waals surface area contributed by atoms with Crippen molar-refractivity contribution in [1.29, 1.82) is 0 Å². The van der Waals surface area contributed by atoms with E-state index in [2.05, 4.69) is 4.99 Å². The number of aliphatic imine (C=N–C) groups is 1. The topological polar surface area (TPSA) is 85.0 Å². The highest BCUT2D eigenvalue weighted by Crippen LogP contribution is 2.49. The molecule has 2 heterocycles. The minimum atomic E-state index is -0.553. The van der Waals surface area contributed by atoms with E-state index in [0.717, 1.165) is 15.8 Å². The van der Waals surface area contributed by atoms with Gasteiger partial charge in [-0.05, 0) is 43.3 Å². The van der Waals surface area contributed by atoms with Crippen LogP contribution in [0, 0.1) is 10.1 Å². The second-order valence-corrected chi connectivity index (χ2v) is 7.32. The van der Waals surface area contributed by atoms with Crippen molar-refractivity contribution in [2.45, 2.75) is 24.8 Å². The summed E-state index contributed by atoms with van der Waals surface area (Å²) < 4.78 is 5.28. The highest BCUT2D eigenvalue weighted by Gasteiger charge is 2.42. The standard InChI is InChI=1S/C20H17N3O4S/c1-3-27-19(24)17-12(2)21-20-22(15-9-4-5-10-16(15)28-20)18(17)13-7-6-8-14(11-13)23(25)26/h4-11,18H,3H2,1-2H3. The number of benzene rings is 2. The maximum atomic E-state index is 12.8. The minimum Gasteiger partial charge on any atom is -0.463 e. The summed E-state index contributed by atoms with van der Waals surface area (Å²) in [5, 5.41) is 12.0. The number of amidine groups is 1. The number of nitro groups is 1. The van der Waals surface area contributed by atoms with Crippen molar-refractivity contribution in [1.82, 2.24) is 0 Å². The Hall–Kier alpha value is -3.13. The summed E-state index contributed by atoms with van der Waals surface area (Å²) in [4.78, 5) is 31.3. The third-order valence-corrected chi connectivity index (χ3v) is 5.64. The fraction of sp³-hybridized carbons (Fsp3) is 0.200. The highest BCUT2D eigenvalue weighted by molar-refractivity contribution is 8.14.